The van der Waals surface area contributed by atoms with Crippen molar-refractivity contribution in [2.45, 2.75) is 20.3 Å². The molecule has 1 aromatic carbocycles. The highest BCUT2D eigenvalue weighted by Crippen LogP contribution is 2.26. The summed E-state index contributed by atoms with van der Waals surface area (Å²) < 4.78 is 5.34. The minimum absolute atomic E-state index is 0.350. The minimum Gasteiger partial charge on any atom is -0.378 e. The molecule has 0 radical (unpaired) electrons. The Hall–Kier alpha value is -2.45. The second-order valence-corrected chi connectivity index (χ2v) is 6.95. The van der Waals surface area contributed by atoms with E-state index in [9.17, 15) is 9.59 Å². The fourth-order valence-corrected chi connectivity index (χ4v) is 3.63. The molecule has 1 aromatic heterocycles. The van der Waals surface area contributed by atoms with Gasteiger partial charge in [0.25, 0.3) is 11.8 Å². The smallest absolute Gasteiger partial charge is 0.281 e. The van der Waals surface area contributed by atoms with Crippen LogP contribution in [0, 0.1) is 6.92 Å². The fraction of sp³-hybridized carbons (Fsp3) is 0.389. The van der Waals surface area contributed by atoms with Crippen LogP contribution in [-0.4, -0.2) is 43.1 Å². The number of aromatic nitrogens is 1. The van der Waals surface area contributed by atoms with Gasteiger partial charge < -0.3 is 9.64 Å². The number of anilines is 1. The van der Waals surface area contributed by atoms with Crippen LogP contribution in [0.3, 0.4) is 0 Å². The lowest BCUT2D eigenvalue weighted by Gasteiger charge is -2.25. The Balaban J connectivity index is 1.60. The van der Waals surface area contributed by atoms with Crippen LogP contribution in [0.1, 0.15) is 38.2 Å². The Labute approximate surface area is 156 Å². The van der Waals surface area contributed by atoms with E-state index in [2.05, 4.69) is 27.7 Å². The molecule has 0 aliphatic carbocycles. The summed E-state index contributed by atoms with van der Waals surface area (Å²) in [4.78, 5) is 31.6. The van der Waals surface area contributed by atoms with Gasteiger partial charge in [0.1, 0.15) is 4.88 Å². The minimum atomic E-state index is -0.363. The Kier molecular flexibility index (Phi) is 5.85. The third-order valence-corrected chi connectivity index (χ3v) is 5.40. The van der Waals surface area contributed by atoms with Crippen LogP contribution < -0.4 is 15.8 Å². The van der Waals surface area contributed by atoms with Gasteiger partial charge in [0, 0.05) is 18.7 Å². The van der Waals surface area contributed by atoms with E-state index in [4.69, 9.17) is 4.74 Å². The van der Waals surface area contributed by atoms with Gasteiger partial charge in [0.2, 0.25) is 0 Å². The number of morpholine rings is 1. The van der Waals surface area contributed by atoms with Crippen LogP contribution in [-0.2, 0) is 11.2 Å². The Morgan fingerprint density at radius 3 is 2.46 bits per heavy atom. The highest BCUT2D eigenvalue weighted by atomic mass is 32.1. The summed E-state index contributed by atoms with van der Waals surface area (Å²) in [6.07, 6.45) is 0.911. The van der Waals surface area contributed by atoms with Crippen LogP contribution in [0.5, 0.6) is 0 Å². The van der Waals surface area contributed by atoms with E-state index in [-0.39, 0.29) is 11.8 Å². The first kappa shape index (κ1) is 18.3. The Bertz CT molecular complexity index is 782. The number of hydrogen-bond donors (Lipinski definition) is 2. The lowest BCUT2D eigenvalue weighted by Crippen LogP contribution is -2.41. The molecule has 138 valence electrons. The number of aryl methyl sites for hydroxylation is 2. The van der Waals surface area contributed by atoms with Crippen LogP contribution in [0.2, 0.25) is 0 Å². The van der Waals surface area contributed by atoms with Gasteiger partial charge >= 0.3 is 0 Å². The number of hydrogen-bond acceptors (Lipinski definition) is 6. The molecule has 3 rings (SSSR count). The molecule has 26 heavy (non-hydrogen) atoms. The van der Waals surface area contributed by atoms with Crippen LogP contribution in [0.4, 0.5) is 5.13 Å². The Morgan fingerprint density at radius 1 is 1.15 bits per heavy atom. The number of carbonyl (C=O) groups is 2. The summed E-state index contributed by atoms with van der Waals surface area (Å²) in [5, 5.41) is 0.803. The molecule has 2 amide bonds. The van der Waals surface area contributed by atoms with Crippen molar-refractivity contribution in [3.8, 4) is 0 Å². The van der Waals surface area contributed by atoms with E-state index >= 15 is 0 Å². The van der Waals surface area contributed by atoms with E-state index in [0.717, 1.165) is 30.2 Å². The lowest BCUT2D eigenvalue weighted by atomic mass is 10.1. The van der Waals surface area contributed by atoms with Crippen LogP contribution >= 0.6 is 11.3 Å². The van der Waals surface area contributed by atoms with Crippen molar-refractivity contribution in [1.82, 2.24) is 15.8 Å². The molecule has 0 spiro atoms. The second-order valence-electron chi connectivity index (χ2n) is 5.97. The molecule has 0 bridgehead atoms. The Morgan fingerprint density at radius 2 is 1.81 bits per heavy atom. The zero-order chi connectivity index (χ0) is 18.5. The average molecular weight is 374 g/mol. The van der Waals surface area contributed by atoms with E-state index in [0.29, 0.717) is 29.3 Å². The summed E-state index contributed by atoms with van der Waals surface area (Å²) in [6.45, 7) is 6.69. The summed E-state index contributed by atoms with van der Waals surface area (Å²) in [5.41, 5.74) is 7.23. The number of rotatable bonds is 4. The van der Waals surface area contributed by atoms with Crippen molar-refractivity contribution >= 4 is 28.3 Å². The summed E-state index contributed by atoms with van der Waals surface area (Å²) in [5.74, 6) is -0.713. The van der Waals surface area contributed by atoms with Gasteiger partial charge in [-0.05, 0) is 31.0 Å². The van der Waals surface area contributed by atoms with Crippen molar-refractivity contribution in [1.29, 1.82) is 0 Å². The molecule has 1 fully saturated rings. The molecule has 0 atom stereocenters. The number of carbonyl (C=O) groups excluding carboxylic acids is 2. The first-order valence-electron chi connectivity index (χ1n) is 8.58. The second kappa shape index (κ2) is 8.29. The molecule has 1 aliphatic rings. The maximum Gasteiger partial charge on any atom is 0.281 e. The number of ether oxygens (including phenoxy) is 1. The summed E-state index contributed by atoms with van der Waals surface area (Å²) in [7, 11) is 0. The third kappa shape index (κ3) is 4.20. The van der Waals surface area contributed by atoms with E-state index in [1.54, 1.807) is 19.1 Å². The van der Waals surface area contributed by atoms with Crippen molar-refractivity contribution in [3.63, 3.8) is 0 Å². The van der Waals surface area contributed by atoms with E-state index in [1.165, 1.54) is 11.3 Å². The zero-order valence-corrected chi connectivity index (χ0v) is 15.7. The first-order valence-corrected chi connectivity index (χ1v) is 9.40. The lowest BCUT2D eigenvalue weighted by molar-refractivity contribution is 0.0848. The number of nitrogens with zero attached hydrogens (tertiary/aromatic N) is 2. The first-order chi connectivity index (χ1) is 12.6. The quantitative estimate of drug-likeness (QED) is 0.799. The monoisotopic (exact) mass is 374 g/mol. The van der Waals surface area contributed by atoms with Gasteiger partial charge in [0.15, 0.2) is 5.13 Å². The van der Waals surface area contributed by atoms with Crippen LogP contribution in [0.15, 0.2) is 24.3 Å². The molecule has 2 aromatic rings. The largest absolute Gasteiger partial charge is 0.378 e. The maximum atomic E-state index is 12.4. The highest BCUT2D eigenvalue weighted by molar-refractivity contribution is 7.17. The summed E-state index contributed by atoms with van der Waals surface area (Å²) >= 11 is 1.32. The molecule has 1 saturated heterocycles. The molecule has 1 aliphatic heterocycles. The molecule has 8 heteroatoms. The predicted molar refractivity (Wildman–Crippen MR) is 101 cm³/mol. The van der Waals surface area contributed by atoms with E-state index in [1.807, 2.05) is 12.1 Å². The number of thiazole rings is 1. The fourth-order valence-electron chi connectivity index (χ4n) is 2.62. The standard InChI is InChI=1S/C18H22N4O3S/c1-3-13-4-6-14(7-5-13)16(23)20-21-17(24)15-12(2)19-18(26-15)22-8-10-25-11-9-22/h4-7H,3,8-11H2,1-2H3,(H,20,23)(H,21,24). The van der Waals surface area contributed by atoms with Crippen molar-refractivity contribution in [3.05, 3.63) is 46.0 Å². The molecule has 2 heterocycles. The molecule has 0 saturated carbocycles. The zero-order valence-electron chi connectivity index (χ0n) is 14.9. The van der Waals surface area contributed by atoms with Gasteiger partial charge in [0.05, 0.1) is 18.9 Å². The van der Waals surface area contributed by atoms with Crippen LogP contribution in [0.25, 0.3) is 0 Å². The van der Waals surface area contributed by atoms with Gasteiger partial charge in [-0.15, -0.1) is 0 Å². The predicted octanol–water partition coefficient (Wildman–Crippen LogP) is 1.93. The molecule has 0 unspecified atom stereocenters. The third-order valence-electron chi connectivity index (χ3n) is 4.19. The van der Waals surface area contributed by atoms with Crippen molar-refractivity contribution in [2.75, 3.05) is 31.2 Å². The highest BCUT2D eigenvalue weighted by Gasteiger charge is 2.20. The number of hydrazine groups is 1. The number of amides is 2. The topological polar surface area (TPSA) is 83.6 Å². The number of benzene rings is 1. The van der Waals surface area contributed by atoms with Gasteiger partial charge in [-0.25, -0.2) is 4.98 Å². The van der Waals surface area contributed by atoms with Gasteiger partial charge in [-0.1, -0.05) is 30.4 Å². The molecule has 2 N–H and O–H groups in total. The SMILES string of the molecule is CCc1ccc(C(=O)NNC(=O)c2sc(N3CCOCC3)nc2C)cc1. The van der Waals surface area contributed by atoms with Crippen molar-refractivity contribution < 1.29 is 14.3 Å². The molecular formula is C18H22N4O3S. The van der Waals surface area contributed by atoms with E-state index < -0.39 is 0 Å². The normalized spacial score (nSPS) is 14.2. The van der Waals surface area contributed by atoms with Gasteiger partial charge in [-0.3, -0.25) is 20.4 Å². The van der Waals surface area contributed by atoms with Crippen molar-refractivity contribution in [2.24, 2.45) is 0 Å². The molecule has 7 nitrogen and oxygen atoms in total. The molecular weight excluding hydrogens is 352 g/mol. The number of nitrogens with one attached hydrogen (secondary N) is 2. The maximum absolute atomic E-state index is 12.4. The summed E-state index contributed by atoms with van der Waals surface area (Å²) in [6, 6.07) is 7.29. The average Bonchev–Trinajstić information content (AvgIpc) is 3.08. The van der Waals surface area contributed by atoms with Gasteiger partial charge in [-0.2, -0.15) is 0 Å².